The molecule has 7 heteroatoms. The van der Waals surface area contributed by atoms with E-state index in [1.54, 1.807) is 13.0 Å². The van der Waals surface area contributed by atoms with Gasteiger partial charge in [0, 0.05) is 12.0 Å². The maximum Gasteiger partial charge on any atom is 0.334 e. The molecule has 44 heavy (non-hydrogen) atoms. The molecule has 256 valence electrons. The van der Waals surface area contributed by atoms with E-state index in [1.165, 1.54) is 51.4 Å². The summed E-state index contributed by atoms with van der Waals surface area (Å²) in [6.45, 7) is 4.06. The number of allylic oxidation sites excluding steroid dienone is 2. The van der Waals surface area contributed by atoms with Crippen molar-refractivity contribution in [2.24, 2.45) is 0 Å². The minimum atomic E-state index is -0.587. The summed E-state index contributed by atoms with van der Waals surface area (Å²) in [7, 11) is 0. The van der Waals surface area contributed by atoms with Gasteiger partial charge in [-0.15, -0.1) is 0 Å². The zero-order chi connectivity index (χ0) is 32.0. The summed E-state index contributed by atoms with van der Waals surface area (Å²) in [5, 5.41) is 41.7. The molecule has 4 N–H and O–H groups in total. The second-order valence-electron chi connectivity index (χ2n) is 13.5. The monoisotopic (exact) mass is 622 g/mol. The maximum atomic E-state index is 11.7. The molecule has 2 heterocycles. The van der Waals surface area contributed by atoms with Gasteiger partial charge >= 0.3 is 5.97 Å². The molecular weight excluding hydrogens is 556 g/mol. The molecule has 0 unspecified atom stereocenters. The van der Waals surface area contributed by atoms with E-state index in [1.807, 2.05) is 0 Å². The molecule has 0 bridgehead atoms. The fraction of sp³-hybridized carbons (Fsp3) is 0.865. The fourth-order valence-corrected chi connectivity index (χ4v) is 6.48. The standard InChI is InChI=1S/C37H66O7/c1-3-4-5-6-7-8-9-10-11-12-13-17-23-33(40)35-25-26-36(44-35)34(41)24-18-15-14-16-20-31(38)21-19-22-32(39)28-30-27-29(2)43-37(30)42/h12-13,27,29,31-36,38-41H,3-11,14-26,28H2,1-2H3/b13-12+/t29-,31+,32+,33+,34+,35-,36-/m0/s1. The summed E-state index contributed by atoms with van der Waals surface area (Å²) >= 11 is 0. The lowest BCUT2D eigenvalue weighted by atomic mass is 9.99. The third-order valence-corrected chi connectivity index (χ3v) is 9.27. The van der Waals surface area contributed by atoms with E-state index < -0.39 is 18.3 Å². The molecule has 0 aliphatic carbocycles. The Morgan fingerprint density at radius 3 is 1.91 bits per heavy atom. The van der Waals surface area contributed by atoms with E-state index in [-0.39, 0.29) is 30.4 Å². The highest BCUT2D eigenvalue weighted by Gasteiger charge is 2.34. The first-order valence-corrected chi connectivity index (χ1v) is 18.2. The van der Waals surface area contributed by atoms with Gasteiger partial charge in [0.2, 0.25) is 0 Å². The summed E-state index contributed by atoms with van der Waals surface area (Å²) in [6, 6.07) is 0. The highest BCUT2D eigenvalue weighted by Crippen LogP contribution is 2.28. The van der Waals surface area contributed by atoms with Gasteiger partial charge in [-0.25, -0.2) is 4.79 Å². The van der Waals surface area contributed by atoms with Crippen LogP contribution in [-0.2, 0) is 14.3 Å². The lowest BCUT2D eigenvalue weighted by Crippen LogP contribution is -2.30. The Morgan fingerprint density at radius 2 is 1.25 bits per heavy atom. The molecule has 2 aliphatic heterocycles. The maximum absolute atomic E-state index is 11.7. The highest BCUT2D eigenvalue weighted by molar-refractivity contribution is 5.90. The van der Waals surface area contributed by atoms with Crippen molar-refractivity contribution in [3.8, 4) is 0 Å². The largest absolute Gasteiger partial charge is 0.455 e. The van der Waals surface area contributed by atoms with Crippen molar-refractivity contribution < 1.29 is 34.7 Å². The number of aliphatic hydroxyl groups excluding tert-OH is 4. The third-order valence-electron chi connectivity index (χ3n) is 9.27. The Hall–Kier alpha value is -1.25. The van der Waals surface area contributed by atoms with E-state index in [2.05, 4.69) is 19.1 Å². The van der Waals surface area contributed by atoms with Crippen LogP contribution in [0.3, 0.4) is 0 Å². The Kier molecular flexibility index (Phi) is 21.2. The predicted octanol–water partition coefficient (Wildman–Crippen LogP) is 7.62. The zero-order valence-electron chi connectivity index (χ0n) is 28.1. The van der Waals surface area contributed by atoms with Crippen molar-refractivity contribution >= 4 is 5.97 Å². The lowest BCUT2D eigenvalue weighted by molar-refractivity contribution is -0.139. The average molecular weight is 623 g/mol. The molecule has 0 saturated carbocycles. The molecule has 2 rings (SSSR count). The van der Waals surface area contributed by atoms with Gasteiger partial charge in [-0.1, -0.05) is 89.7 Å². The summed E-state index contributed by atoms with van der Waals surface area (Å²) < 4.78 is 11.1. The van der Waals surface area contributed by atoms with Crippen LogP contribution in [0.1, 0.15) is 162 Å². The third kappa shape index (κ3) is 17.4. The number of rotatable bonds is 27. The van der Waals surface area contributed by atoms with Crippen LogP contribution in [0, 0.1) is 0 Å². The topological polar surface area (TPSA) is 116 Å². The first-order chi connectivity index (χ1) is 21.3. The van der Waals surface area contributed by atoms with E-state index in [4.69, 9.17) is 9.47 Å². The van der Waals surface area contributed by atoms with Gasteiger partial charge in [-0.05, 0) is 83.6 Å². The first kappa shape index (κ1) is 38.9. The fourth-order valence-electron chi connectivity index (χ4n) is 6.48. The van der Waals surface area contributed by atoms with Gasteiger partial charge in [0.05, 0.1) is 36.6 Å². The molecule has 7 nitrogen and oxygen atoms in total. The van der Waals surface area contributed by atoms with Crippen molar-refractivity contribution in [2.45, 2.75) is 204 Å². The number of ether oxygens (including phenoxy) is 2. The SMILES string of the molecule is CCCCCCCCCC/C=C/CC[C@@H](O)[C@@H]1CC[C@@H]([C@H](O)CCCCCC[C@@H](O)CCC[C@@H](O)CC2=C[C@H](C)OC2=O)O1. The number of hydrogen-bond acceptors (Lipinski definition) is 7. The minimum Gasteiger partial charge on any atom is -0.455 e. The van der Waals surface area contributed by atoms with Crippen molar-refractivity contribution in [2.75, 3.05) is 0 Å². The van der Waals surface area contributed by atoms with Crippen molar-refractivity contribution in [3.05, 3.63) is 23.8 Å². The molecule has 0 aromatic rings. The van der Waals surface area contributed by atoms with Gasteiger partial charge in [0.25, 0.3) is 0 Å². The number of carbonyl (C=O) groups is 1. The Balaban J connectivity index is 1.41. The number of cyclic esters (lactones) is 1. The predicted molar refractivity (Wildman–Crippen MR) is 177 cm³/mol. The molecule has 2 aliphatic rings. The average Bonchev–Trinajstić information content (AvgIpc) is 3.61. The van der Waals surface area contributed by atoms with Crippen LogP contribution in [0.25, 0.3) is 0 Å². The van der Waals surface area contributed by atoms with Crippen LogP contribution < -0.4 is 0 Å². The molecule has 0 amide bonds. The molecular formula is C37H66O7. The van der Waals surface area contributed by atoms with Crippen molar-refractivity contribution in [1.82, 2.24) is 0 Å². The van der Waals surface area contributed by atoms with E-state index >= 15 is 0 Å². The van der Waals surface area contributed by atoms with E-state index in [0.29, 0.717) is 37.7 Å². The number of esters is 1. The quantitative estimate of drug-likeness (QED) is 0.0423. The van der Waals surface area contributed by atoms with Crippen LogP contribution in [0.15, 0.2) is 23.8 Å². The molecule has 0 aromatic carbocycles. The normalized spacial score (nSPS) is 23.2. The molecule has 0 aromatic heterocycles. The van der Waals surface area contributed by atoms with Crippen molar-refractivity contribution in [3.63, 3.8) is 0 Å². The smallest absolute Gasteiger partial charge is 0.334 e. The highest BCUT2D eigenvalue weighted by atomic mass is 16.5. The number of aliphatic hydroxyl groups is 4. The van der Waals surface area contributed by atoms with Crippen LogP contribution in [-0.4, -0.2) is 69.1 Å². The Morgan fingerprint density at radius 1 is 0.705 bits per heavy atom. The molecule has 1 saturated heterocycles. The van der Waals surface area contributed by atoms with Gasteiger partial charge < -0.3 is 29.9 Å². The number of hydrogen-bond donors (Lipinski definition) is 4. The van der Waals surface area contributed by atoms with Crippen LogP contribution in [0.5, 0.6) is 0 Å². The summed E-state index contributed by atoms with van der Waals surface area (Å²) in [4.78, 5) is 11.7. The Bertz CT molecular complexity index is 797. The van der Waals surface area contributed by atoms with Gasteiger partial charge in [-0.3, -0.25) is 0 Å². The van der Waals surface area contributed by atoms with Gasteiger partial charge in [-0.2, -0.15) is 0 Å². The minimum absolute atomic E-state index is 0.168. The number of unbranched alkanes of at least 4 members (excludes halogenated alkanes) is 11. The van der Waals surface area contributed by atoms with Crippen LogP contribution >= 0.6 is 0 Å². The molecule has 1 fully saturated rings. The molecule has 0 spiro atoms. The zero-order valence-corrected chi connectivity index (χ0v) is 28.1. The summed E-state index contributed by atoms with van der Waals surface area (Å²) in [6.07, 6.45) is 26.4. The van der Waals surface area contributed by atoms with E-state index in [0.717, 1.165) is 64.2 Å². The van der Waals surface area contributed by atoms with Gasteiger partial charge in [0.1, 0.15) is 6.10 Å². The van der Waals surface area contributed by atoms with Crippen LogP contribution in [0.2, 0.25) is 0 Å². The van der Waals surface area contributed by atoms with E-state index in [9.17, 15) is 25.2 Å². The second-order valence-corrected chi connectivity index (χ2v) is 13.5. The lowest BCUT2D eigenvalue weighted by Gasteiger charge is -2.22. The summed E-state index contributed by atoms with van der Waals surface area (Å²) in [5.74, 6) is -0.332. The van der Waals surface area contributed by atoms with Crippen LogP contribution in [0.4, 0.5) is 0 Å². The summed E-state index contributed by atoms with van der Waals surface area (Å²) in [5.41, 5.74) is 0.551. The van der Waals surface area contributed by atoms with Crippen molar-refractivity contribution in [1.29, 1.82) is 0 Å². The van der Waals surface area contributed by atoms with Gasteiger partial charge in [0.15, 0.2) is 0 Å². The molecule has 0 radical (unpaired) electrons. The molecule has 7 atom stereocenters. The second kappa shape index (κ2) is 24.0. The number of carbonyl (C=O) groups excluding carboxylic acids is 1. The Labute approximate surface area is 268 Å². The first-order valence-electron chi connectivity index (χ1n) is 18.2.